The number of benzene rings is 1. The number of aryl methyl sites for hydroxylation is 2. The van der Waals surface area contributed by atoms with Gasteiger partial charge in [0.05, 0.1) is 17.6 Å². The minimum absolute atomic E-state index is 0.0956. The molecule has 96 valence electrons. The lowest BCUT2D eigenvalue weighted by Gasteiger charge is -2.10. The Labute approximate surface area is 109 Å². The van der Waals surface area contributed by atoms with E-state index in [9.17, 15) is 4.79 Å². The van der Waals surface area contributed by atoms with Crippen LogP contribution in [-0.4, -0.2) is 24.3 Å². The lowest BCUT2D eigenvalue weighted by atomic mass is 10.2. The molecule has 2 heterocycles. The standard InChI is InChI=1S/C13H13N5O/c1-9-13(19)18(7-12-16-14-8-17(12)2)11-6-4-3-5-10(11)15-9/h3-6,8H,7H2,1-2H3. The largest absolute Gasteiger partial charge is 0.319 e. The molecule has 0 atom stereocenters. The summed E-state index contributed by atoms with van der Waals surface area (Å²) in [6, 6.07) is 7.59. The van der Waals surface area contributed by atoms with Gasteiger partial charge in [-0.1, -0.05) is 12.1 Å². The number of hydrogen-bond acceptors (Lipinski definition) is 4. The van der Waals surface area contributed by atoms with E-state index >= 15 is 0 Å². The predicted octanol–water partition coefficient (Wildman–Crippen LogP) is 0.882. The Hall–Kier alpha value is -2.50. The average molecular weight is 255 g/mol. The van der Waals surface area contributed by atoms with Crippen molar-refractivity contribution >= 4 is 11.0 Å². The Kier molecular flexibility index (Phi) is 2.63. The molecule has 6 heteroatoms. The fraction of sp³-hybridized carbons (Fsp3) is 0.231. The average Bonchev–Trinajstić information content (AvgIpc) is 2.80. The molecule has 19 heavy (non-hydrogen) atoms. The van der Waals surface area contributed by atoms with Crippen LogP contribution in [0.5, 0.6) is 0 Å². The molecule has 0 amide bonds. The summed E-state index contributed by atoms with van der Waals surface area (Å²) >= 11 is 0. The van der Waals surface area contributed by atoms with Crippen LogP contribution in [0.15, 0.2) is 35.4 Å². The van der Waals surface area contributed by atoms with E-state index in [-0.39, 0.29) is 5.56 Å². The van der Waals surface area contributed by atoms with Gasteiger partial charge in [-0.3, -0.25) is 9.36 Å². The lowest BCUT2D eigenvalue weighted by molar-refractivity contribution is 0.689. The minimum atomic E-state index is -0.0956. The maximum absolute atomic E-state index is 12.3. The fourth-order valence-electron chi connectivity index (χ4n) is 2.07. The first-order chi connectivity index (χ1) is 9.16. The van der Waals surface area contributed by atoms with Crippen molar-refractivity contribution < 1.29 is 0 Å². The monoisotopic (exact) mass is 255 g/mol. The first-order valence-electron chi connectivity index (χ1n) is 5.96. The summed E-state index contributed by atoms with van der Waals surface area (Å²) in [5, 5.41) is 7.85. The molecule has 2 aromatic heterocycles. The first-order valence-corrected chi connectivity index (χ1v) is 5.96. The molecule has 3 aromatic rings. The molecule has 3 rings (SSSR count). The van der Waals surface area contributed by atoms with Gasteiger partial charge >= 0.3 is 0 Å². The second kappa shape index (κ2) is 4.31. The van der Waals surface area contributed by atoms with Gasteiger partial charge < -0.3 is 4.57 Å². The molecular weight excluding hydrogens is 242 g/mol. The molecule has 0 spiro atoms. The highest BCUT2D eigenvalue weighted by molar-refractivity contribution is 5.74. The van der Waals surface area contributed by atoms with Gasteiger partial charge in [0.1, 0.15) is 12.0 Å². The number of nitrogens with zero attached hydrogens (tertiary/aromatic N) is 5. The smallest absolute Gasteiger partial charge is 0.272 e. The van der Waals surface area contributed by atoms with E-state index in [2.05, 4.69) is 15.2 Å². The molecule has 1 aromatic carbocycles. The highest BCUT2D eigenvalue weighted by Gasteiger charge is 2.10. The van der Waals surface area contributed by atoms with E-state index in [1.807, 2.05) is 31.3 Å². The quantitative estimate of drug-likeness (QED) is 0.682. The van der Waals surface area contributed by atoms with Gasteiger partial charge in [0.2, 0.25) is 0 Å². The van der Waals surface area contributed by atoms with Gasteiger partial charge in [0.25, 0.3) is 5.56 Å². The summed E-state index contributed by atoms with van der Waals surface area (Å²) in [6.45, 7) is 2.11. The number of fused-ring (bicyclic) bond motifs is 1. The Morgan fingerprint density at radius 3 is 2.79 bits per heavy atom. The van der Waals surface area contributed by atoms with Gasteiger partial charge in [-0.25, -0.2) is 4.98 Å². The van der Waals surface area contributed by atoms with Crippen molar-refractivity contribution in [2.75, 3.05) is 0 Å². The van der Waals surface area contributed by atoms with E-state index in [1.165, 1.54) is 0 Å². The second-order valence-corrected chi connectivity index (χ2v) is 4.44. The number of hydrogen-bond donors (Lipinski definition) is 0. The third-order valence-electron chi connectivity index (χ3n) is 3.12. The molecule has 0 aliphatic rings. The molecule has 0 unspecified atom stereocenters. The SMILES string of the molecule is Cc1nc2ccccc2n(Cc2nncn2C)c1=O. The topological polar surface area (TPSA) is 65.6 Å². The number of aromatic nitrogens is 5. The van der Waals surface area contributed by atoms with Crippen molar-refractivity contribution in [1.82, 2.24) is 24.3 Å². The number of para-hydroxylation sites is 2. The minimum Gasteiger partial charge on any atom is -0.319 e. The van der Waals surface area contributed by atoms with Crippen LogP contribution in [0.4, 0.5) is 0 Å². The summed E-state index contributed by atoms with van der Waals surface area (Å²) < 4.78 is 3.48. The molecule has 0 fully saturated rings. The van der Waals surface area contributed by atoms with Crippen molar-refractivity contribution in [1.29, 1.82) is 0 Å². The molecule has 0 N–H and O–H groups in total. The molecule has 0 radical (unpaired) electrons. The predicted molar refractivity (Wildman–Crippen MR) is 70.8 cm³/mol. The summed E-state index contributed by atoms with van der Waals surface area (Å²) in [5.41, 5.74) is 2.01. The van der Waals surface area contributed by atoms with Gasteiger partial charge in [-0.15, -0.1) is 10.2 Å². The Morgan fingerprint density at radius 1 is 1.26 bits per heavy atom. The highest BCUT2D eigenvalue weighted by Crippen LogP contribution is 2.10. The van der Waals surface area contributed by atoms with Crippen LogP contribution in [0.2, 0.25) is 0 Å². The molecular formula is C13H13N5O. The van der Waals surface area contributed by atoms with Gasteiger partial charge in [-0.2, -0.15) is 0 Å². The second-order valence-electron chi connectivity index (χ2n) is 4.44. The molecule has 0 saturated carbocycles. The Balaban J connectivity index is 2.24. The zero-order valence-corrected chi connectivity index (χ0v) is 10.7. The third-order valence-corrected chi connectivity index (χ3v) is 3.12. The van der Waals surface area contributed by atoms with E-state index < -0.39 is 0 Å². The van der Waals surface area contributed by atoms with Crippen LogP contribution in [0.3, 0.4) is 0 Å². The number of rotatable bonds is 2. The maximum Gasteiger partial charge on any atom is 0.272 e. The van der Waals surface area contributed by atoms with Gasteiger partial charge in [-0.05, 0) is 19.1 Å². The van der Waals surface area contributed by atoms with Gasteiger partial charge in [0, 0.05) is 7.05 Å². The van der Waals surface area contributed by atoms with Crippen molar-refractivity contribution in [3.63, 3.8) is 0 Å². The van der Waals surface area contributed by atoms with Gasteiger partial charge in [0.15, 0.2) is 5.82 Å². The first kappa shape index (κ1) is 11.6. The third kappa shape index (κ3) is 1.91. The Bertz CT molecular complexity index is 802. The van der Waals surface area contributed by atoms with Crippen LogP contribution in [0.25, 0.3) is 11.0 Å². The van der Waals surface area contributed by atoms with E-state index in [4.69, 9.17) is 0 Å². The molecule has 0 saturated heterocycles. The summed E-state index contributed by atoms with van der Waals surface area (Å²) in [5.74, 6) is 0.734. The fourth-order valence-corrected chi connectivity index (χ4v) is 2.07. The van der Waals surface area contributed by atoms with Crippen LogP contribution < -0.4 is 5.56 Å². The van der Waals surface area contributed by atoms with Crippen molar-refractivity contribution in [2.24, 2.45) is 7.05 Å². The normalized spacial score (nSPS) is 11.1. The summed E-state index contributed by atoms with van der Waals surface area (Å²) in [6.07, 6.45) is 1.62. The van der Waals surface area contributed by atoms with E-state index in [1.54, 1.807) is 22.4 Å². The molecule has 6 nitrogen and oxygen atoms in total. The van der Waals surface area contributed by atoms with Crippen molar-refractivity contribution in [3.05, 3.63) is 52.5 Å². The van der Waals surface area contributed by atoms with Crippen LogP contribution in [0.1, 0.15) is 11.5 Å². The molecule has 0 aliphatic heterocycles. The maximum atomic E-state index is 12.3. The lowest BCUT2D eigenvalue weighted by Crippen LogP contribution is -2.25. The zero-order chi connectivity index (χ0) is 13.4. The van der Waals surface area contributed by atoms with Crippen molar-refractivity contribution in [3.8, 4) is 0 Å². The zero-order valence-electron chi connectivity index (χ0n) is 10.7. The van der Waals surface area contributed by atoms with E-state index in [0.717, 1.165) is 16.9 Å². The highest BCUT2D eigenvalue weighted by atomic mass is 16.1. The molecule has 0 bridgehead atoms. The Morgan fingerprint density at radius 2 is 2.05 bits per heavy atom. The van der Waals surface area contributed by atoms with Crippen LogP contribution in [-0.2, 0) is 13.6 Å². The van der Waals surface area contributed by atoms with E-state index in [0.29, 0.717) is 12.2 Å². The van der Waals surface area contributed by atoms with Crippen LogP contribution >= 0.6 is 0 Å². The molecule has 0 aliphatic carbocycles. The van der Waals surface area contributed by atoms with Crippen molar-refractivity contribution in [2.45, 2.75) is 13.5 Å². The van der Waals surface area contributed by atoms with Crippen LogP contribution in [0, 0.1) is 6.92 Å². The summed E-state index contributed by atoms with van der Waals surface area (Å²) in [4.78, 5) is 16.6. The summed E-state index contributed by atoms with van der Waals surface area (Å²) in [7, 11) is 1.86.